The summed E-state index contributed by atoms with van der Waals surface area (Å²) in [6.07, 6.45) is -0.865. The Bertz CT molecular complexity index is 1740. The largest absolute Gasteiger partial charge is 0.491 e. The third kappa shape index (κ3) is 9.99. The molecule has 2 aromatic heterocycles. The maximum atomic E-state index is 13.3. The number of ether oxygens (including phenoxy) is 3. The van der Waals surface area contributed by atoms with Gasteiger partial charge in [0.2, 0.25) is 0 Å². The van der Waals surface area contributed by atoms with Gasteiger partial charge in [-0.2, -0.15) is 0 Å². The average molecular weight is 689 g/mol. The van der Waals surface area contributed by atoms with Gasteiger partial charge in [0, 0.05) is 12.6 Å². The van der Waals surface area contributed by atoms with Crippen LogP contribution < -0.4 is 9.47 Å². The van der Waals surface area contributed by atoms with Crippen LogP contribution in [0, 0.1) is 13.8 Å². The molecule has 4 aromatic rings. The molecule has 262 valence electrons. The first-order valence-corrected chi connectivity index (χ1v) is 19.2. The van der Waals surface area contributed by atoms with Crippen LogP contribution in [0.15, 0.2) is 65.2 Å². The minimum atomic E-state index is -2.24. The Morgan fingerprint density at radius 2 is 1.59 bits per heavy atom. The van der Waals surface area contributed by atoms with Crippen molar-refractivity contribution in [3.63, 3.8) is 0 Å². The SMILES string of the molecule is Cc1noc(C)c1-c1cc(C(=O)Oc2ccccc2)nc(-c2cccc(OCC(CN(C)C(=O)OC(C)(C)C)O[Si](C)(C)C(C)(C)C)c2)n1. The Hall–Kier alpha value is -4.55. The second-order valence-corrected chi connectivity index (χ2v) is 19.3. The van der Waals surface area contributed by atoms with Crippen LogP contribution in [0.5, 0.6) is 11.5 Å². The summed E-state index contributed by atoms with van der Waals surface area (Å²) in [5.74, 6) is 1.16. The molecule has 0 radical (unpaired) electrons. The maximum Gasteiger partial charge on any atom is 0.410 e. The number of aryl methyl sites for hydroxylation is 2. The number of rotatable bonds is 11. The quantitative estimate of drug-likeness (QED) is 0.0863. The molecular weight excluding hydrogens is 641 g/mol. The zero-order valence-corrected chi connectivity index (χ0v) is 31.4. The van der Waals surface area contributed by atoms with E-state index in [4.69, 9.17) is 28.1 Å². The Morgan fingerprint density at radius 3 is 2.20 bits per heavy atom. The zero-order chi connectivity index (χ0) is 36.1. The summed E-state index contributed by atoms with van der Waals surface area (Å²) in [6, 6.07) is 17.7. The molecule has 0 saturated heterocycles. The van der Waals surface area contributed by atoms with Crippen LogP contribution in [0.1, 0.15) is 63.5 Å². The van der Waals surface area contributed by atoms with E-state index in [1.54, 1.807) is 50.4 Å². The molecule has 0 bridgehead atoms. The van der Waals surface area contributed by atoms with Crippen molar-refractivity contribution in [2.45, 2.75) is 85.2 Å². The number of aromatic nitrogens is 3. The molecule has 0 aliphatic rings. The normalized spacial score (nSPS) is 12.7. The molecule has 2 heterocycles. The van der Waals surface area contributed by atoms with Gasteiger partial charge in [-0.25, -0.2) is 19.6 Å². The maximum absolute atomic E-state index is 13.3. The molecule has 1 atom stereocenters. The number of hydrogen-bond donors (Lipinski definition) is 0. The average Bonchev–Trinajstić information content (AvgIpc) is 3.36. The van der Waals surface area contributed by atoms with Gasteiger partial charge in [0.05, 0.1) is 29.6 Å². The highest BCUT2D eigenvalue weighted by molar-refractivity contribution is 6.74. The highest BCUT2D eigenvalue weighted by Crippen LogP contribution is 2.37. The molecule has 12 heteroatoms. The minimum absolute atomic E-state index is 0.0570. The minimum Gasteiger partial charge on any atom is -0.491 e. The van der Waals surface area contributed by atoms with E-state index in [-0.39, 0.29) is 23.9 Å². The number of likely N-dealkylation sites (N-methyl/N-ethyl adjacent to an activating group) is 1. The highest BCUT2D eigenvalue weighted by atomic mass is 28.4. The number of amides is 1. The fourth-order valence-corrected chi connectivity index (χ4v) is 5.99. The summed E-state index contributed by atoms with van der Waals surface area (Å²) >= 11 is 0. The Kier molecular flexibility index (Phi) is 11.3. The molecule has 0 aliphatic heterocycles. The third-order valence-electron chi connectivity index (χ3n) is 8.16. The number of hydrogen-bond acceptors (Lipinski definition) is 10. The molecule has 4 rings (SSSR count). The first-order valence-electron chi connectivity index (χ1n) is 16.3. The monoisotopic (exact) mass is 688 g/mol. The van der Waals surface area contributed by atoms with Crippen molar-refractivity contribution in [1.82, 2.24) is 20.0 Å². The van der Waals surface area contributed by atoms with E-state index in [2.05, 4.69) is 44.0 Å². The lowest BCUT2D eigenvalue weighted by molar-refractivity contribution is 0.0172. The molecule has 0 N–H and O–H groups in total. The molecule has 2 aromatic carbocycles. The van der Waals surface area contributed by atoms with Gasteiger partial charge < -0.3 is 28.1 Å². The first kappa shape index (κ1) is 37.3. The van der Waals surface area contributed by atoms with E-state index in [1.165, 1.54) is 4.90 Å². The number of esters is 1. The topological polar surface area (TPSA) is 126 Å². The molecule has 0 saturated carbocycles. The predicted octanol–water partition coefficient (Wildman–Crippen LogP) is 8.27. The van der Waals surface area contributed by atoms with Gasteiger partial charge in [-0.1, -0.05) is 56.3 Å². The van der Waals surface area contributed by atoms with Gasteiger partial charge in [-0.3, -0.25) is 0 Å². The molecular formula is C37H48N4O7Si. The standard InChI is InChI=1S/C37H48N4O7Si/c1-24-32(25(2)47-40-24)30-21-31(34(42)45-27-17-13-12-14-18-27)39-33(38-30)26-16-15-19-28(20-26)44-23-29(48-49(10,11)37(6,7)8)22-41(9)35(43)46-36(3,4)5/h12-21,29H,22-23H2,1-11H3. The first-order chi connectivity index (χ1) is 22.8. The number of nitrogens with zero attached hydrogens (tertiary/aromatic N) is 4. The summed E-state index contributed by atoms with van der Waals surface area (Å²) in [7, 11) is -0.546. The third-order valence-corrected chi connectivity index (χ3v) is 12.7. The second-order valence-electron chi connectivity index (χ2n) is 14.6. The summed E-state index contributed by atoms with van der Waals surface area (Å²) in [6.45, 7) is 20.4. The summed E-state index contributed by atoms with van der Waals surface area (Å²) in [4.78, 5) is 37.1. The number of para-hydroxylation sites is 1. The van der Waals surface area contributed by atoms with E-state index in [1.807, 2.05) is 52.0 Å². The van der Waals surface area contributed by atoms with Crippen LogP contribution in [0.3, 0.4) is 0 Å². The van der Waals surface area contributed by atoms with Gasteiger partial charge in [-0.15, -0.1) is 0 Å². The Balaban J connectivity index is 1.64. The summed E-state index contributed by atoms with van der Waals surface area (Å²) < 4.78 is 29.6. The van der Waals surface area contributed by atoms with Crippen molar-refractivity contribution in [3.8, 4) is 34.1 Å². The van der Waals surface area contributed by atoms with Gasteiger partial charge in [0.25, 0.3) is 0 Å². The molecule has 0 aliphatic carbocycles. The van der Waals surface area contributed by atoms with E-state index in [9.17, 15) is 9.59 Å². The van der Waals surface area contributed by atoms with Gasteiger partial charge in [0.1, 0.15) is 29.5 Å². The highest BCUT2D eigenvalue weighted by Gasteiger charge is 2.40. The lowest BCUT2D eigenvalue weighted by Crippen LogP contribution is -2.49. The molecule has 11 nitrogen and oxygen atoms in total. The van der Waals surface area contributed by atoms with Crippen molar-refractivity contribution >= 4 is 20.4 Å². The summed E-state index contributed by atoms with van der Waals surface area (Å²) in [5, 5.41) is 4.01. The van der Waals surface area contributed by atoms with Crippen LogP contribution in [0.4, 0.5) is 4.79 Å². The lowest BCUT2D eigenvalue weighted by atomic mass is 10.1. The fourth-order valence-electron chi connectivity index (χ4n) is 4.66. The van der Waals surface area contributed by atoms with Crippen molar-refractivity contribution in [3.05, 3.63) is 77.8 Å². The van der Waals surface area contributed by atoms with E-state index >= 15 is 0 Å². The molecule has 1 unspecified atom stereocenters. The van der Waals surface area contributed by atoms with Crippen molar-refractivity contribution in [2.75, 3.05) is 20.2 Å². The van der Waals surface area contributed by atoms with Crippen LogP contribution >= 0.6 is 0 Å². The van der Waals surface area contributed by atoms with Crippen LogP contribution in [-0.2, 0) is 9.16 Å². The fraction of sp³-hybridized carbons (Fsp3) is 0.432. The Morgan fingerprint density at radius 1 is 0.918 bits per heavy atom. The second kappa shape index (κ2) is 14.9. The van der Waals surface area contributed by atoms with Gasteiger partial charge in [0.15, 0.2) is 19.8 Å². The Labute approximate surface area is 290 Å². The number of carbonyl (C=O) groups excluding carboxylic acids is 2. The van der Waals surface area contributed by atoms with Gasteiger partial charge >= 0.3 is 12.1 Å². The molecule has 0 spiro atoms. The zero-order valence-electron chi connectivity index (χ0n) is 30.4. The predicted molar refractivity (Wildman–Crippen MR) is 190 cm³/mol. The summed E-state index contributed by atoms with van der Waals surface area (Å²) in [5.41, 5.74) is 1.84. The van der Waals surface area contributed by atoms with E-state index in [0.717, 1.165) is 0 Å². The lowest BCUT2D eigenvalue weighted by Gasteiger charge is -2.40. The smallest absolute Gasteiger partial charge is 0.410 e. The van der Waals surface area contributed by atoms with Crippen LogP contribution in [-0.4, -0.2) is 72.3 Å². The number of carbonyl (C=O) groups is 2. The number of benzene rings is 2. The van der Waals surface area contributed by atoms with Crippen LogP contribution in [0.25, 0.3) is 22.6 Å². The van der Waals surface area contributed by atoms with Crippen molar-refractivity contribution in [1.29, 1.82) is 0 Å². The van der Waals surface area contributed by atoms with Gasteiger partial charge in [-0.05, 0) is 83.1 Å². The molecule has 0 fully saturated rings. The van der Waals surface area contributed by atoms with E-state index in [0.29, 0.717) is 45.6 Å². The van der Waals surface area contributed by atoms with Crippen molar-refractivity contribution < 1.29 is 32.7 Å². The van der Waals surface area contributed by atoms with Crippen LogP contribution in [0.2, 0.25) is 18.1 Å². The van der Waals surface area contributed by atoms with E-state index < -0.39 is 32.1 Å². The molecule has 1 amide bonds. The molecule has 49 heavy (non-hydrogen) atoms. The van der Waals surface area contributed by atoms with Crippen molar-refractivity contribution in [2.24, 2.45) is 0 Å².